The third-order valence-corrected chi connectivity index (χ3v) is 3.19. The molecule has 0 bridgehead atoms. The molecule has 1 aliphatic rings. The van der Waals surface area contributed by atoms with Crippen LogP contribution in [0.1, 0.15) is 36.0 Å². The molecule has 0 radical (unpaired) electrons. The van der Waals surface area contributed by atoms with Gasteiger partial charge in [-0.2, -0.15) is 0 Å². The van der Waals surface area contributed by atoms with Crippen molar-refractivity contribution in [2.24, 2.45) is 0 Å². The van der Waals surface area contributed by atoms with E-state index in [1.165, 1.54) is 12.8 Å². The Morgan fingerprint density at radius 3 is 2.89 bits per heavy atom. The van der Waals surface area contributed by atoms with E-state index in [0.717, 1.165) is 12.8 Å². The smallest absolute Gasteiger partial charge is 0.251 e. The number of hydrogen-bond acceptors (Lipinski definition) is 3. The lowest BCUT2D eigenvalue weighted by atomic mass is 10.2. The number of carbonyl (C=O) groups excluding carboxylic acids is 1. The van der Waals surface area contributed by atoms with Gasteiger partial charge in [0.1, 0.15) is 0 Å². The van der Waals surface area contributed by atoms with Crippen LogP contribution >= 0.6 is 0 Å². The van der Waals surface area contributed by atoms with E-state index in [1.54, 1.807) is 24.3 Å². The molecule has 3 N–H and O–H groups in total. The van der Waals surface area contributed by atoms with E-state index in [-0.39, 0.29) is 5.91 Å². The number of ether oxygens (including phenoxy) is 1. The Labute approximate surface area is 108 Å². The molecule has 1 aliphatic carbocycles. The number of nitrogen functional groups attached to an aromatic ring is 1. The average Bonchev–Trinajstić information content (AvgIpc) is 2.87. The summed E-state index contributed by atoms with van der Waals surface area (Å²) in [5.41, 5.74) is 6.82. The Hall–Kier alpha value is -1.55. The number of rotatable bonds is 5. The predicted molar refractivity (Wildman–Crippen MR) is 71.4 cm³/mol. The molecule has 1 amide bonds. The maximum Gasteiger partial charge on any atom is 0.251 e. The number of anilines is 1. The molecule has 1 aromatic rings. The number of hydrogen-bond donors (Lipinski definition) is 2. The van der Waals surface area contributed by atoms with Crippen molar-refractivity contribution in [1.82, 2.24) is 5.32 Å². The normalized spacial score (nSPS) is 15.8. The highest BCUT2D eigenvalue weighted by atomic mass is 16.5. The van der Waals surface area contributed by atoms with Crippen LogP contribution in [0.25, 0.3) is 0 Å². The fourth-order valence-electron chi connectivity index (χ4n) is 2.23. The Bertz CT molecular complexity index is 401. The summed E-state index contributed by atoms with van der Waals surface area (Å²) in [6.07, 6.45) is 5.24. The second-order valence-electron chi connectivity index (χ2n) is 4.66. The van der Waals surface area contributed by atoms with Gasteiger partial charge in [0, 0.05) is 17.8 Å². The zero-order valence-corrected chi connectivity index (χ0v) is 10.5. The molecular formula is C14H20N2O2. The van der Waals surface area contributed by atoms with Crippen LogP contribution in [-0.2, 0) is 4.74 Å². The quantitative estimate of drug-likeness (QED) is 0.618. The Morgan fingerprint density at radius 2 is 2.17 bits per heavy atom. The first kappa shape index (κ1) is 12.9. The topological polar surface area (TPSA) is 64.4 Å². The second-order valence-corrected chi connectivity index (χ2v) is 4.66. The number of nitrogens with two attached hydrogens (primary N) is 1. The molecule has 2 rings (SSSR count). The Morgan fingerprint density at radius 1 is 1.39 bits per heavy atom. The molecule has 4 heteroatoms. The second kappa shape index (κ2) is 6.40. The number of nitrogens with one attached hydrogen (secondary N) is 1. The lowest BCUT2D eigenvalue weighted by molar-refractivity contribution is 0.0582. The van der Waals surface area contributed by atoms with Crippen molar-refractivity contribution in [3.63, 3.8) is 0 Å². The molecule has 0 unspecified atom stereocenters. The van der Waals surface area contributed by atoms with Crippen molar-refractivity contribution < 1.29 is 9.53 Å². The van der Waals surface area contributed by atoms with Gasteiger partial charge in [-0.15, -0.1) is 0 Å². The summed E-state index contributed by atoms with van der Waals surface area (Å²) in [5, 5.41) is 2.83. The van der Waals surface area contributed by atoms with Gasteiger partial charge in [0.25, 0.3) is 5.91 Å². The molecule has 98 valence electrons. The maximum atomic E-state index is 11.8. The van der Waals surface area contributed by atoms with Crippen molar-refractivity contribution in [3.05, 3.63) is 29.8 Å². The first-order valence-electron chi connectivity index (χ1n) is 6.51. The van der Waals surface area contributed by atoms with Gasteiger partial charge in [0.15, 0.2) is 0 Å². The van der Waals surface area contributed by atoms with Crippen molar-refractivity contribution in [1.29, 1.82) is 0 Å². The van der Waals surface area contributed by atoms with Crippen LogP contribution in [0.15, 0.2) is 24.3 Å². The third kappa shape index (κ3) is 3.74. The minimum absolute atomic E-state index is 0.0997. The van der Waals surface area contributed by atoms with E-state index in [9.17, 15) is 4.79 Å². The highest BCUT2D eigenvalue weighted by molar-refractivity contribution is 5.94. The number of amides is 1. The van der Waals surface area contributed by atoms with E-state index in [0.29, 0.717) is 30.5 Å². The van der Waals surface area contributed by atoms with E-state index >= 15 is 0 Å². The van der Waals surface area contributed by atoms with Gasteiger partial charge in [-0.1, -0.05) is 18.9 Å². The summed E-state index contributed by atoms with van der Waals surface area (Å²) < 4.78 is 5.67. The van der Waals surface area contributed by atoms with Gasteiger partial charge in [0.05, 0.1) is 12.7 Å². The highest BCUT2D eigenvalue weighted by Crippen LogP contribution is 2.20. The van der Waals surface area contributed by atoms with Gasteiger partial charge in [-0.25, -0.2) is 0 Å². The van der Waals surface area contributed by atoms with E-state index in [2.05, 4.69) is 5.32 Å². The largest absolute Gasteiger partial charge is 0.399 e. The van der Waals surface area contributed by atoms with Crippen LogP contribution in [0.5, 0.6) is 0 Å². The lowest BCUT2D eigenvalue weighted by Crippen LogP contribution is -2.28. The Balaban J connectivity index is 1.68. The standard InChI is InChI=1S/C14H20N2O2/c15-12-5-3-4-11(10-12)14(17)16-8-9-18-13-6-1-2-7-13/h3-5,10,13H,1-2,6-9,15H2,(H,16,17). The molecule has 0 aromatic heterocycles. The summed E-state index contributed by atoms with van der Waals surface area (Å²) in [5.74, 6) is -0.0997. The van der Waals surface area contributed by atoms with Crippen molar-refractivity contribution in [3.8, 4) is 0 Å². The number of benzene rings is 1. The highest BCUT2D eigenvalue weighted by Gasteiger charge is 2.14. The van der Waals surface area contributed by atoms with Gasteiger partial charge in [-0.3, -0.25) is 4.79 Å². The van der Waals surface area contributed by atoms with Crippen LogP contribution in [-0.4, -0.2) is 25.2 Å². The van der Waals surface area contributed by atoms with Crippen LogP contribution < -0.4 is 11.1 Å². The van der Waals surface area contributed by atoms with Crippen LogP contribution in [0.4, 0.5) is 5.69 Å². The van der Waals surface area contributed by atoms with Gasteiger partial charge in [-0.05, 0) is 31.0 Å². The zero-order chi connectivity index (χ0) is 12.8. The molecule has 0 aliphatic heterocycles. The molecule has 0 atom stereocenters. The molecule has 0 saturated heterocycles. The van der Waals surface area contributed by atoms with Crippen LogP contribution in [0, 0.1) is 0 Å². The first-order valence-corrected chi connectivity index (χ1v) is 6.51. The molecule has 1 aromatic carbocycles. The third-order valence-electron chi connectivity index (χ3n) is 3.19. The van der Waals surface area contributed by atoms with Gasteiger partial charge >= 0.3 is 0 Å². The fourth-order valence-corrected chi connectivity index (χ4v) is 2.23. The maximum absolute atomic E-state index is 11.8. The van der Waals surface area contributed by atoms with Gasteiger partial charge in [0.2, 0.25) is 0 Å². The van der Waals surface area contributed by atoms with E-state index in [4.69, 9.17) is 10.5 Å². The summed E-state index contributed by atoms with van der Waals surface area (Å²) in [6, 6.07) is 6.97. The van der Waals surface area contributed by atoms with Crippen molar-refractivity contribution in [2.75, 3.05) is 18.9 Å². The summed E-state index contributed by atoms with van der Waals surface area (Å²) in [6.45, 7) is 1.13. The Kier molecular flexibility index (Phi) is 4.59. The predicted octanol–water partition coefficient (Wildman–Crippen LogP) is 1.96. The molecule has 0 spiro atoms. The molecule has 4 nitrogen and oxygen atoms in total. The SMILES string of the molecule is Nc1cccc(C(=O)NCCOC2CCCC2)c1. The molecular weight excluding hydrogens is 228 g/mol. The van der Waals surface area contributed by atoms with Crippen molar-refractivity contribution in [2.45, 2.75) is 31.8 Å². The number of carbonyl (C=O) groups is 1. The van der Waals surface area contributed by atoms with E-state index < -0.39 is 0 Å². The van der Waals surface area contributed by atoms with Crippen LogP contribution in [0.2, 0.25) is 0 Å². The minimum atomic E-state index is -0.0997. The fraction of sp³-hybridized carbons (Fsp3) is 0.500. The average molecular weight is 248 g/mol. The molecule has 1 fully saturated rings. The van der Waals surface area contributed by atoms with E-state index in [1.807, 2.05) is 0 Å². The zero-order valence-electron chi connectivity index (χ0n) is 10.5. The molecule has 18 heavy (non-hydrogen) atoms. The minimum Gasteiger partial charge on any atom is -0.399 e. The summed E-state index contributed by atoms with van der Waals surface area (Å²) >= 11 is 0. The monoisotopic (exact) mass is 248 g/mol. The molecule has 0 heterocycles. The lowest BCUT2D eigenvalue weighted by Gasteiger charge is -2.11. The first-order chi connectivity index (χ1) is 8.75. The van der Waals surface area contributed by atoms with Crippen molar-refractivity contribution >= 4 is 11.6 Å². The summed E-state index contributed by atoms with van der Waals surface area (Å²) in [7, 11) is 0. The van der Waals surface area contributed by atoms with Gasteiger partial charge < -0.3 is 15.8 Å². The van der Waals surface area contributed by atoms with Crippen LogP contribution in [0.3, 0.4) is 0 Å². The summed E-state index contributed by atoms with van der Waals surface area (Å²) in [4.78, 5) is 11.8. The molecule has 1 saturated carbocycles.